The molecule has 0 unspecified atom stereocenters. The molecule has 0 spiro atoms. The van der Waals surface area contributed by atoms with Crippen molar-refractivity contribution >= 4 is 45.8 Å². The molecule has 0 aliphatic carbocycles. The lowest BCUT2D eigenvalue weighted by atomic mass is 10.0. The summed E-state index contributed by atoms with van der Waals surface area (Å²) in [5, 5.41) is 5.41. The van der Waals surface area contributed by atoms with Crippen LogP contribution in [0.15, 0.2) is 66.9 Å². The molecule has 0 fully saturated rings. The fraction of sp³-hybridized carbons (Fsp3) is 0.0435. The van der Waals surface area contributed by atoms with Crippen LogP contribution in [-0.4, -0.2) is 28.9 Å². The van der Waals surface area contributed by atoms with Crippen molar-refractivity contribution in [1.82, 2.24) is 9.97 Å². The van der Waals surface area contributed by atoms with Gasteiger partial charge in [-0.25, -0.2) is 19.2 Å². The van der Waals surface area contributed by atoms with Gasteiger partial charge in [-0.3, -0.25) is 4.79 Å². The minimum Gasteiger partial charge on any atom is -0.480 e. The lowest BCUT2D eigenvalue weighted by molar-refractivity contribution is 0.103. The molecule has 9 heteroatoms. The number of nitrogens with zero attached hydrogens (tertiary/aromatic N) is 2. The van der Waals surface area contributed by atoms with E-state index in [9.17, 15) is 9.59 Å². The summed E-state index contributed by atoms with van der Waals surface area (Å²) in [6.07, 6.45) is 1.47. The molecule has 1 heterocycles. The van der Waals surface area contributed by atoms with Gasteiger partial charge in [0.2, 0.25) is 5.88 Å². The van der Waals surface area contributed by atoms with Gasteiger partial charge in [0.1, 0.15) is 0 Å². The van der Waals surface area contributed by atoms with Gasteiger partial charge in [0, 0.05) is 16.3 Å². The van der Waals surface area contributed by atoms with Crippen molar-refractivity contribution in [2.75, 3.05) is 17.7 Å². The third kappa shape index (κ3) is 4.50. The third-order valence-corrected chi connectivity index (χ3v) is 4.80. The summed E-state index contributed by atoms with van der Waals surface area (Å²) in [6, 6.07) is 14.7. The number of carbonyl (C=O) groups excluding carboxylic acids is 2. The van der Waals surface area contributed by atoms with E-state index in [0.717, 1.165) is 0 Å². The predicted molar refractivity (Wildman–Crippen MR) is 120 cm³/mol. The van der Waals surface area contributed by atoms with Crippen LogP contribution >= 0.6 is 11.6 Å². The van der Waals surface area contributed by atoms with Crippen molar-refractivity contribution in [3.8, 4) is 5.88 Å². The van der Waals surface area contributed by atoms with E-state index in [4.69, 9.17) is 16.3 Å². The Hall–Kier alpha value is -4.04. The molecule has 160 valence electrons. The maximum Gasteiger partial charge on any atom is 0.323 e. The highest BCUT2D eigenvalue weighted by Crippen LogP contribution is 2.23. The summed E-state index contributed by atoms with van der Waals surface area (Å²) < 4.78 is 20.1. The number of fused-ring (bicyclic) bond motifs is 1. The zero-order valence-electron chi connectivity index (χ0n) is 16.7. The molecule has 4 rings (SSSR count). The number of carbonyl (C=O) groups is 2. The van der Waals surface area contributed by atoms with Crippen molar-refractivity contribution < 1.29 is 18.7 Å². The highest BCUT2D eigenvalue weighted by Gasteiger charge is 2.19. The van der Waals surface area contributed by atoms with E-state index in [-0.39, 0.29) is 16.8 Å². The van der Waals surface area contributed by atoms with Gasteiger partial charge in [0.25, 0.3) is 0 Å². The number of rotatable bonds is 5. The Balaban J connectivity index is 1.58. The van der Waals surface area contributed by atoms with Gasteiger partial charge < -0.3 is 15.4 Å². The average Bonchev–Trinajstić information content (AvgIpc) is 2.79. The van der Waals surface area contributed by atoms with Crippen molar-refractivity contribution in [3.05, 3.63) is 88.8 Å². The number of ketones is 1. The number of methoxy groups -OCH3 is 1. The molecule has 7 nitrogen and oxygen atoms in total. The number of nitrogens with one attached hydrogen (secondary N) is 2. The minimum absolute atomic E-state index is 0.141. The molecular weight excluding hydrogens is 435 g/mol. The predicted octanol–water partition coefficient (Wildman–Crippen LogP) is 5.31. The topological polar surface area (TPSA) is 93.2 Å². The smallest absolute Gasteiger partial charge is 0.323 e. The number of urea groups is 1. The summed E-state index contributed by atoms with van der Waals surface area (Å²) in [4.78, 5) is 33.7. The maximum atomic E-state index is 15.1. The van der Waals surface area contributed by atoms with Gasteiger partial charge in [-0.15, -0.1) is 0 Å². The van der Waals surface area contributed by atoms with Crippen molar-refractivity contribution in [1.29, 1.82) is 0 Å². The summed E-state index contributed by atoms with van der Waals surface area (Å²) in [5.41, 5.74) is 1.33. The molecule has 0 aliphatic heterocycles. The number of halogens is 2. The van der Waals surface area contributed by atoms with Crippen LogP contribution in [0.1, 0.15) is 15.9 Å². The van der Waals surface area contributed by atoms with Crippen LogP contribution in [0, 0.1) is 5.82 Å². The number of hydrogen-bond donors (Lipinski definition) is 2. The van der Waals surface area contributed by atoms with E-state index in [0.29, 0.717) is 27.6 Å². The van der Waals surface area contributed by atoms with Crippen LogP contribution in [0.3, 0.4) is 0 Å². The standard InChI is InChI=1S/C23H16ClFN4O3/c1-32-20-12-26-17-9-8-13(10-19(17)28-20)22(30)16-6-3-7-18(21(16)25)29-23(31)27-15-5-2-4-14(24)11-15/h2-12H,1H3,(H2,27,29,31). The fourth-order valence-corrected chi connectivity index (χ4v) is 3.23. The second kappa shape index (κ2) is 8.99. The van der Waals surface area contributed by atoms with Crippen LogP contribution in [0.2, 0.25) is 5.02 Å². The van der Waals surface area contributed by atoms with E-state index in [1.54, 1.807) is 30.3 Å². The van der Waals surface area contributed by atoms with E-state index in [2.05, 4.69) is 20.6 Å². The highest BCUT2D eigenvalue weighted by molar-refractivity contribution is 6.30. The van der Waals surface area contributed by atoms with Gasteiger partial charge in [-0.1, -0.05) is 23.7 Å². The Labute approximate surface area is 187 Å². The molecule has 0 bridgehead atoms. The lowest BCUT2D eigenvalue weighted by Crippen LogP contribution is -2.20. The fourth-order valence-electron chi connectivity index (χ4n) is 3.04. The van der Waals surface area contributed by atoms with E-state index < -0.39 is 17.6 Å². The van der Waals surface area contributed by atoms with Crippen molar-refractivity contribution in [3.63, 3.8) is 0 Å². The van der Waals surface area contributed by atoms with Crippen molar-refractivity contribution in [2.45, 2.75) is 0 Å². The van der Waals surface area contributed by atoms with E-state index in [1.165, 1.54) is 43.6 Å². The monoisotopic (exact) mass is 450 g/mol. The third-order valence-electron chi connectivity index (χ3n) is 4.57. The quantitative estimate of drug-likeness (QED) is 0.402. The average molecular weight is 451 g/mol. The SMILES string of the molecule is COc1cnc2ccc(C(=O)c3cccc(NC(=O)Nc4cccc(Cl)c4)c3F)cc2n1. The summed E-state index contributed by atoms with van der Waals surface area (Å²) in [7, 11) is 1.46. The maximum absolute atomic E-state index is 15.1. The lowest BCUT2D eigenvalue weighted by Gasteiger charge is -2.11. The first kappa shape index (κ1) is 21.2. The zero-order valence-corrected chi connectivity index (χ0v) is 17.5. The molecule has 0 saturated heterocycles. The second-order valence-corrected chi connectivity index (χ2v) is 7.14. The van der Waals surface area contributed by atoms with Crippen LogP contribution in [0.4, 0.5) is 20.6 Å². The number of hydrogen-bond acceptors (Lipinski definition) is 5. The molecule has 2 N–H and O–H groups in total. The molecule has 2 amide bonds. The summed E-state index contributed by atoms with van der Waals surface area (Å²) in [6.45, 7) is 0. The summed E-state index contributed by atoms with van der Waals surface area (Å²) in [5.74, 6) is -1.12. The van der Waals surface area contributed by atoms with E-state index in [1.807, 2.05) is 0 Å². The molecule has 32 heavy (non-hydrogen) atoms. The molecule has 1 aromatic heterocycles. The van der Waals surface area contributed by atoms with Crippen LogP contribution in [0.25, 0.3) is 11.0 Å². The second-order valence-electron chi connectivity index (χ2n) is 6.70. The molecule has 4 aromatic rings. The molecule has 0 radical (unpaired) electrons. The Morgan fingerprint density at radius 3 is 2.59 bits per heavy atom. The largest absolute Gasteiger partial charge is 0.480 e. The minimum atomic E-state index is -0.851. The first-order chi connectivity index (χ1) is 15.4. The number of anilines is 2. The van der Waals surface area contributed by atoms with Gasteiger partial charge in [0.15, 0.2) is 11.6 Å². The highest BCUT2D eigenvalue weighted by atomic mass is 35.5. The number of ether oxygens (including phenoxy) is 1. The van der Waals surface area contributed by atoms with Crippen LogP contribution in [-0.2, 0) is 0 Å². The van der Waals surface area contributed by atoms with Gasteiger partial charge >= 0.3 is 6.03 Å². The molecule has 0 atom stereocenters. The Morgan fingerprint density at radius 2 is 1.81 bits per heavy atom. The Kier molecular flexibility index (Phi) is 5.96. The first-order valence-corrected chi connectivity index (χ1v) is 9.80. The normalized spacial score (nSPS) is 10.6. The first-order valence-electron chi connectivity index (χ1n) is 9.42. The van der Waals surface area contributed by atoms with Crippen LogP contribution in [0.5, 0.6) is 5.88 Å². The van der Waals surface area contributed by atoms with E-state index >= 15 is 4.39 Å². The number of benzene rings is 3. The van der Waals surface area contributed by atoms with Crippen LogP contribution < -0.4 is 15.4 Å². The van der Waals surface area contributed by atoms with Crippen molar-refractivity contribution in [2.24, 2.45) is 0 Å². The molecule has 3 aromatic carbocycles. The van der Waals surface area contributed by atoms with Gasteiger partial charge in [-0.05, 0) is 48.5 Å². The zero-order chi connectivity index (χ0) is 22.7. The van der Waals surface area contributed by atoms with Gasteiger partial charge in [0.05, 0.1) is 35.6 Å². The number of aromatic nitrogens is 2. The molecule has 0 aliphatic rings. The Morgan fingerprint density at radius 1 is 1.00 bits per heavy atom. The van der Waals surface area contributed by atoms with Gasteiger partial charge in [-0.2, -0.15) is 0 Å². The number of amides is 2. The molecular formula is C23H16ClFN4O3. The molecule has 0 saturated carbocycles. The Bertz CT molecular complexity index is 1350. The summed E-state index contributed by atoms with van der Waals surface area (Å²) >= 11 is 5.90.